The Morgan fingerprint density at radius 2 is 1.87 bits per heavy atom. The fourth-order valence-electron chi connectivity index (χ4n) is 3.62. The first-order chi connectivity index (χ1) is 15.0. The molecule has 1 aromatic heterocycles. The van der Waals surface area contributed by atoms with E-state index in [1.807, 2.05) is 30.3 Å². The first-order valence-electron chi connectivity index (χ1n) is 9.61. The van der Waals surface area contributed by atoms with Crippen molar-refractivity contribution in [3.05, 3.63) is 98.7 Å². The summed E-state index contributed by atoms with van der Waals surface area (Å²) in [6.45, 7) is 1.75. The lowest BCUT2D eigenvalue weighted by molar-refractivity contribution is -0.136. The zero-order valence-electron chi connectivity index (χ0n) is 16.9. The maximum absolute atomic E-state index is 13.9. The van der Waals surface area contributed by atoms with Crippen molar-refractivity contribution >= 4 is 23.5 Å². The minimum atomic E-state index is -0.619. The van der Waals surface area contributed by atoms with Crippen LogP contribution < -0.4 is 10.9 Å². The van der Waals surface area contributed by atoms with Gasteiger partial charge < -0.3 is 15.0 Å². The van der Waals surface area contributed by atoms with Gasteiger partial charge in [0.2, 0.25) is 0 Å². The number of allylic oxidation sites excluding steroid dienone is 1. The van der Waals surface area contributed by atoms with Crippen LogP contribution in [-0.4, -0.2) is 23.0 Å². The summed E-state index contributed by atoms with van der Waals surface area (Å²) in [6, 6.07) is 15.8. The van der Waals surface area contributed by atoms with E-state index in [4.69, 9.17) is 4.74 Å². The number of rotatable bonds is 5. The van der Waals surface area contributed by atoms with Crippen LogP contribution in [0.25, 0.3) is 0 Å². The Labute approximate surface area is 182 Å². The number of halogens is 1. The van der Waals surface area contributed by atoms with E-state index in [9.17, 15) is 14.0 Å². The third kappa shape index (κ3) is 4.11. The van der Waals surface area contributed by atoms with E-state index >= 15 is 0 Å². The van der Waals surface area contributed by atoms with Crippen LogP contribution in [-0.2, 0) is 15.3 Å². The summed E-state index contributed by atoms with van der Waals surface area (Å²) in [7, 11) is 1.31. The molecule has 1 aliphatic heterocycles. The Kier molecular flexibility index (Phi) is 5.90. The van der Waals surface area contributed by atoms with Crippen LogP contribution >= 0.6 is 11.8 Å². The van der Waals surface area contributed by atoms with Gasteiger partial charge in [-0.25, -0.2) is 14.2 Å². The third-order valence-corrected chi connectivity index (χ3v) is 6.00. The highest BCUT2D eigenvalue weighted by atomic mass is 32.2. The molecule has 0 bridgehead atoms. The summed E-state index contributed by atoms with van der Waals surface area (Å²) < 4.78 is 18.9. The monoisotopic (exact) mass is 437 g/mol. The van der Waals surface area contributed by atoms with Crippen LogP contribution in [0.5, 0.6) is 0 Å². The van der Waals surface area contributed by atoms with Crippen LogP contribution in [0, 0.1) is 5.82 Å². The number of ether oxygens (including phenoxy) is 1. The van der Waals surface area contributed by atoms with E-state index in [0.717, 1.165) is 5.56 Å². The van der Waals surface area contributed by atoms with Crippen molar-refractivity contribution in [2.45, 2.75) is 23.8 Å². The zero-order chi connectivity index (χ0) is 22.0. The van der Waals surface area contributed by atoms with Crippen molar-refractivity contribution in [1.82, 2.24) is 9.97 Å². The van der Waals surface area contributed by atoms with E-state index in [-0.39, 0.29) is 11.4 Å². The van der Waals surface area contributed by atoms with Gasteiger partial charge in [-0.15, -0.1) is 0 Å². The smallest absolute Gasteiger partial charge is 0.336 e. The minimum Gasteiger partial charge on any atom is -0.466 e. The number of carbonyl (C=O) groups is 1. The fraction of sp³-hybridized carbons (Fsp3) is 0.174. The Balaban J connectivity index is 1.76. The lowest BCUT2D eigenvalue weighted by Crippen LogP contribution is -2.30. The molecule has 31 heavy (non-hydrogen) atoms. The van der Waals surface area contributed by atoms with Gasteiger partial charge in [0.25, 0.3) is 5.56 Å². The third-order valence-electron chi connectivity index (χ3n) is 5.08. The van der Waals surface area contributed by atoms with Crippen LogP contribution in [0.3, 0.4) is 0 Å². The molecule has 0 spiro atoms. The van der Waals surface area contributed by atoms with Gasteiger partial charge >= 0.3 is 5.97 Å². The molecule has 0 radical (unpaired) electrons. The molecule has 6 nitrogen and oxygen atoms in total. The second-order valence-electron chi connectivity index (χ2n) is 7.01. The van der Waals surface area contributed by atoms with Gasteiger partial charge in [-0.05, 0) is 24.1 Å². The summed E-state index contributed by atoms with van der Waals surface area (Å²) in [5.41, 5.74) is 2.21. The van der Waals surface area contributed by atoms with Crippen molar-refractivity contribution in [3.63, 3.8) is 0 Å². The van der Waals surface area contributed by atoms with Gasteiger partial charge in [-0.3, -0.25) is 4.79 Å². The van der Waals surface area contributed by atoms with Gasteiger partial charge in [-0.2, -0.15) is 0 Å². The number of hydrogen-bond donors (Lipinski definition) is 2. The molecule has 1 aliphatic rings. The predicted octanol–water partition coefficient (Wildman–Crippen LogP) is 4.21. The SMILES string of the molecule is COC(=O)C1=C(C)Nc2nc(SCc3ccccc3F)[nH]c(=O)c2[C@@H]1c1ccccc1. The van der Waals surface area contributed by atoms with Gasteiger partial charge in [0.15, 0.2) is 5.16 Å². The number of esters is 1. The normalized spacial score (nSPS) is 15.3. The van der Waals surface area contributed by atoms with Crippen molar-refractivity contribution < 1.29 is 13.9 Å². The van der Waals surface area contributed by atoms with Gasteiger partial charge in [-0.1, -0.05) is 60.3 Å². The van der Waals surface area contributed by atoms with Crippen LogP contribution in [0.15, 0.2) is 75.8 Å². The number of nitrogens with zero attached hydrogens (tertiary/aromatic N) is 1. The van der Waals surface area contributed by atoms with Gasteiger partial charge in [0.1, 0.15) is 11.6 Å². The highest BCUT2D eigenvalue weighted by molar-refractivity contribution is 7.98. The number of anilines is 1. The van der Waals surface area contributed by atoms with Crippen LogP contribution in [0.4, 0.5) is 10.2 Å². The van der Waals surface area contributed by atoms with Crippen molar-refractivity contribution in [1.29, 1.82) is 0 Å². The predicted molar refractivity (Wildman–Crippen MR) is 117 cm³/mol. The lowest BCUT2D eigenvalue weighted by Gasteiger charge is -2.28. The zero-order valence-corrected chi connectivity index (χ0v) is 17.8. The number of nitrogens with one attached hydrogen (secondary N) is 2. The molecule has 2 heterocycles. The molecule has 4 rings (SSSR count). The molecule has 158 valence electrons. The molecule has 0 aliphatic carbocycles. The second-order valence-corrected chi connectivity index (χ2v) is 7.98. The molecule has 2 aromatic carbocycles. The Morgan fingerprint density at radius 3 is 2.58 bits per heavy atom. The maximum Gasteiger partial charge on any atom is 0.336 e. The Morgan fingerprint density at radius 1 is 1.16 bits per heavy atom. The molecular formula is C23H20FN3O3S. The highest BCUT2D eigenvalue weighted by Gasteiger charge is 2.36. The van der Waals surface area contributed by atoms with E-state index in [2.05, 4.69) is 15.3 Å². The molecule has 3 aromatic rings. The van der Waals surface area contributed by atoms with Crippen molar-refractivity contribution in [2.24, 2.45) is 0 Å². The molecule has 0 fully saturated rings. The van der Waals surface area contributed by atoms with Crippen LogP contribution in [0.1, 0.15) is 29.5 Å². The average Bonchev–Trinajstić information content (AvgIpc) is 2.77. The number of thioether (sulfide) groups is 1. The quantitative estimate of drug-likeness (QED) is 0.354. The van der Waals surface area contributed by atoms with Crippen molar-refractivity contribution in [2.75, 3.05) is 12.4 Å². The van der Waals surface area contributed by atoms with Crippen LogP contribution in [0.2, 0.25) is 0 Å². The number of aromatic nitrogens is 2. The van der Waals surface area contributed by atoms with E-state index < -0.39 is 11.9 Å². The first kappa shape index (κ1) is 20.9. The Hall–Kier alpha value is -3.39. The number of aromatic amines is 1. The molecule has 0 unspecified atom stereocenters. The summed E-state index contributed by atoms with van der Waals surface area (Å²) in [5.74, 6) is -0.745. The number of H-pyrrole nitrogens is 1. The number of benzene rings is 2. The number of fused-ring (bicyclic) bond motifs is 1. The lowest BCUT2D eigenvalue weighted by atomic mass is 9.82. The molecule has 0 amide bonds. The van der Waals surface area contributed by atoms with Crippen molar-refractivity contribution in [3.8, 4) is 0 Å². The first-order valence-corrected chi connectivity index (χ1v) is 10.6. The Bertz CT molecular complexity index is 1220. The molecule has 2 N–H and O–H groups in total. The summed E-state index contributed by atoms with van der Waals surface area (Å²) in [5, 5.41) is 3.44. The van der Waals surface area contributed by atoms with E-state index in [1.165, 1.54) is 24.9 Å². The average molecular weight is 437 g/mol. The highest BCUT2D eigenvalue weighted by Crippen LogP contribution is 2.40. The van der Waals surface area contributed by atoms with E-state index in [1.54, 1.807) is 25.1 Å². The molecular weight excluding hydrogens is 417 g/mol. The maximum atomic E-state index is 13.9. The van der Waals surface area contributed by atoms with Gasteiger partial charge in [0, 0.05) is 11.4 Å². The molecule has 0 saturated heterocycles. The topological polar surface area (TPSA) is 84.1 Å². The largest absolute Gasteiger partial charge is 0.466 e. The standard InChI is InChI=1S/C23H20FN3O3S/c1-13-17(22(29)30-2)18(14-8-4-3-5-9-14)19-20(25-13)26-23(27-21(19)28)31-12-15-10-6-7-11-16(15)24/h3-11,18H,12H2,1-2H3,(H2,25,26,27,28)/t18-/m1/s1. The number of methoxy groups -OCH3 is 1. The fourth-order valence-corrected chi connectivity index (χ4v) is 4.47. The van der Waals surface area contributed by atoms with E-state index in [0.29, 0.717) is 39.1 Å². The van der Waals surface area contributed by atoms with Gasteiger partial charge in [0.05, 0.1) is 24.2 Å². The summed E-state index contributed by atoms with van der Waals surface area (Å²) in [4.78, 5) is 33.0. The molecule has 0 saturated carbocycles. The number of hydrogen-bond acceptors (Lipinski definition) is 6. The summed E-state index contributed by atoms with van der Waals surface area (Å²) >= 11 is 1.23. The molecule has 8 heteroatoms. The minimum absolute atomic E-state index is 0.306. The number of carbonyl (C=O) groups excluding carboxylic acids is 1. The second kappa shape index (κ2) is 8.77. The summed E-state index contributed by atoms with van der Waals surface area (Å²) in [6.07, 6.45) is 0. The molecule has 1 atom stereocenters.